The van der Waals surface area contributed by atoms with Crippen LogP contribution in [0.25, 0.3) is 0 Å². The molecule has 0 spiro atoms. The zero-order chi connectivity index (χ0) is 14.9. The fourth-order valence-corrected chi connectivity index (χ4v) is 2.47. The lowest BCUT2D eigenvalue weighted by Crippen LogP contribution is -2.52. The van der Waals surface area contributed by atoms with Gasteiger partial charge in [0, 0.05) is 19.6 Å². The van der Waals surface area contributed by atoms with Gasteiger partial charge >= 0.3 is 18.2 Å². The van der Waals surface area contributed by atoms with E-state index in [1.165, 1.54) is 16.8 Å². The second-order valence-corrected chi connectivity index (χ2v) is 4.93. The Balaban J connectivity index is 2.09. The minimum Gasteiger partial charge on any atom is -0.433 e. The van der Waals surface area contributed by atoms with Gasteiger partial charge in [-0.15, -0.1) is 0 Å². The van der Waals surface area contributed by atoms with Crippen molar-refractivity contribution in [2.45, 2.75) is 31.3 Å². The van der Waals surface area contributed by atoms with E-state index in [0.717, 1.165) is 13.0 Å². The number of hydrogen-bond donors (Lipinski definition) is 1. The van der Waals surface area contributed by atoms with Crippen LogP contribution in [0.15, 0.2) is 0 Å². The first-order valence-electron chi connectivity index (χ1n) is 6.32. The summed E-state index contributed by atoms with van der Waals surface area (Å²) in [7, 11) is 1.47. The number of piperidine rings is 1. The number of halogens is 3. The molecule has 0 radical (unpaired) electrons. The van der Waals surface area contributed by atoms with Crippen LogP contribution in [0, 0.1) is 0 Å². The maximum Gasteiger partial charge on any atom is 0.491 e. The van der Waals surface area contributed by atoms with Gasteiger partial charge in [0.05, 0.1) is 6.54 Å². The number of hydrogen-bond acceptors (Lipinski definition) is 4. The molecule has 2 aliphatic heterocycles. The van der Waals surface area contributed by atoms with E-state index < -0.39 is 24.4 Å². The number of rotatable bonds is 2. The van der Waals surface area contributed by atoms with Crippen LogP contribution < -0.4 is 5.32 Å². The van der Waals surface area contributed by atoms with Gasteiger partial charge < -0.3 is 15.0 Å². The lowest BCUT2D eigenvalue weighted by molar-refractivity contribution is -0.210. The van der Waals surface area contributed by atoms with E-state index in [1.807, 2.05) is 0 Å². The van der Waals surface area contributed by atoms with E-state index in [-0.39, 0.29) is 12.6 Å². The molecule has 2 aliphatic rings. The van der Waals surface area contributed by atoms with Gasteiger partial charge in [-0.05, 0) is 19.4 Å². The van der Waals surface area contributed by atoms with Crippen LogP contribution in [0.2, 0.25) is 0 Å². The molecule has 114 valence electrons. The predicted octanol–water partition coefficient (Wildman–Crippen LogP) is 0.537. The molecule has 1 unspecified atom stereocenters. The Kier molecular flexibility index (Phi) is 4.07. The minimum atomic E-state index is -5.05. The van der Waals surface area contributed by atoms with Crippen molar-refractivity contribution in [1.82, 2.24) is 15.1 Å². The first kappa shape index (κ1) is 14.9. The van der Waals surface area contributed by atoms with Gasteiger partial charge in [0.1, 0.15) is 0 Å². The van der Waals surface area contributed by atoms with Crippen LogP contribution in [0.4, 0.5) is 18.0 Å². The molecule has 0 aliphatic carbocycles. The van der Waals surface area contributed by atoms with E-state index in [0.29, 0.717) is 13.0 Å². The maximum atomic E-state index is 12.3. The second kappa shape index (κ2) is 5.47. The molecule has 2 atom stereocenters. The molecule has 6 nitrogen and oxygen atoms in total. The first-order chi connectivity index (χ1) is 9.30. The minimum absolute atomic E-state index is 0.0584. The van der Waals surface area contributed by atoms with Crippen LogP contribution >= 0.6 is 0 Å². The van der Waals surface area contributed by atoms with Gasteiger partial charge in [-0.25, -0.2) is 9.59 Å². The summed E-state index contributed by atoms with van der Waals surface area (Å²) in [4.78, 5) is 25.4. The summed E-state index contributed by atoms with van der Waals surface area (Å²) in [6.45, 7) is 1.23. The summed E-state index contributed by atoms with van der Waals surface area (Å²) >= 11 is 0. The van der Waals surface area contributed by atoms with Crippen molar-refractivity contribution in [3.05, 3.63) is 0 Å². The smallest absolute Gasteiger partial charge is 0.433 e. The highest BCUT2D eigenvalue weighted by atomic mass is 19.4. The van der Waals surface area contributed by atoms with E-state index in [1.54, 1.807) is 0 Å². The number of urea groups is 1. The molecule has 2 saturated heterocycles. The third kappa shape index (κ3) is 2.97. The van der Waals surface area contributed by atoms with Gasteiger partial charge in [0.25, 0.3) is 0 Å². The van der Waals surface area contributed by atoms with E-state index >= 15 is 0 Å². The highest BCUT2D eigenvalue weighted by molar-refractivity contribution is 5.79. The van der Waals surface area contributed by atoms with Gasteiger partial charge in [-0.1, -0.05) is 0 Å². The zero-order valence-electron chi connectivity index (χ0n) is 10.9. The van der Waals surface area contributed by atoms with E-state index in [2.05, 4.69) is 10.1 Å². The summed E-state index contributed by atoms with van der Waals surface area (Å²) in [5.41, 5.74) is 0. The van der Waals surface area contributed by atoms with Crippen LogP contribution in [0.3, 0.4) is 0 Å². The monoisotopic (exact) mass is 295 g/mol. The van der Waals surface area contributed by atoms with Crippen molar-refractivity contribution in [3.63, 3.8) is 0 Å². The van der Waals surface area contributed by atoms with E-state index in [4.69, 9.17) is 0 Å². The first-order valence-corrected chi connectivity index (χ1v) is 6.32. The highest BCUT2D eigenvalue weighted by Gasteiger charge is 2.47. The highest BCUT2D eigenvalue weighted by Crippen LogP contribution is 2.25. The third-order valence-electron chi connectivity index (χ3n) is 3.43. The molecule has 20 heavy (non-hydrogen) atoms. The van der Waals surface area contributed by atoms with Crippen LogP contribution in [0.1, 0.15) is 12.8 Å². The van der Waals surface area contributed by atoms with Gasteiger partial charge in [-0.3, -0.25) is 4.90 Å². The summed E-state index contributed by atoms with van der Waals surface area (Å²) in [5, 5.41) is 3.08. The summed E-state index contributed by atoms with van der Waals surface area (Å²) in [6.07, 6.45) is -4.75. The zero-order valence-corrected chi connectivity index (χ0v) is 10.9. The molecule has 9 heteroatoms. The molecule has 0 bridgehead atoms. The van der Waals surface area contributed by atoms with Crippen LogP contribution in [-0.4, -0.2) is 66.9 Å². The quantitative estimate of drug-likeness (QED) is 0.755. The molecule has 0 aromatic heterocycles. The molecule has 2 rings (SSSR count). The van der Waals surface area contributed by atoms with E-state index in [9.17, 15) is 22.8 Å². The van der Waals surface area contributed by atoms with Gasteiger partial charge in [0.2, 0.25) is 0 Å². The summed E-state index contributed by atoms with van der Waals surface area (Å²) < 4.78 is 41.2. The number of carbonyl (C=O) groups excluding carboxylic acids is 2. The Morgan fingerprint density at radius 3 is 2.70 bits per heavy atom. The average Bonchev–Trinajstić information content (AvgIpc) is 2.65. The number of esters is 1. The molecule has 0 saturated carbocycles. The number of carbonyl (C=O) groups is 2. The van der Waals surface area contributed by atoms with Crippen LogP contribution in [-0.2, 0) is 9.53 Å². The van der Waals surface area contributed by atoms with Gasteiger partial charge in [0.15, 0.2) is 6.23 Å². The second-order valence-electron chi connectivity index (χ2n) is 4.93. The topological polar surface area (TPSA) is 61.9 Å². The molecule has 2 fully saturated rings. The third-order valence-corrected chi connectivity index (χ3v) is 3.43. The molecular formula is C11H16F3N3O3. The number of alkyl halides is 3. The molecule has 2 heterocycles. The fraction of sp³-hybridized carbons (Fsp3) is 0.818. The van der Waals surface area contributed by atoms with Crippen molar-refractivity contribution in [3.8, 4) is 0 Å². The molecule has 0 aromatic carbocycles. The Morgan fingerprint density at radius 1 is 1.45 bits per heavy atom. The fourth-order valence-electron chi connectivity index (χ4n) is 2.47. The normalized spacial score (nSPS) is 27.9. The maximum absolute atomic E-state index is 12.3. The summed E-state index contributed by atoms with van der Waals surface area (Å²) in [6, 6.07) is -0.675. The largest absolute Gasteiger partial charge is 0.491 e. The molecule has 1 N–H and O–H groups in total. The van der Waals surface area contributed by atoms with Gasteiger partial charge in [-0.2, -0.15) is 13.2 Å². The standard InChI is InChI=1S/C11H16F3N3O3/c1-16-6-8(20-9(18)11(12,13)14)17(10(16)19)7-3-2-4-15-5-7/h7-8,15H,2-6H2,1H3/t7-,8?/m1/s1. The SMILES string of the molecule is CN1CC(OC(=O)C(F)(F)F)N([C@@H]2CCCNC2)C1=O. The van der Waals surface area contributed by atoms with Crippen molar-refractivity contribution in [2.24, 2.45) is 0 Å². The lowest BCUT2D eigenvalue weighted by Gasteiger charge is -2.34. The Hall–Kier alpha value is -1.51. The van der Waals surface area contributed by atoms with Crippen molar-refractivity contribution in [2.75, 3.05) is 26.7 Å². The summed E-state index contributed by atoms with van der Waals surface area (Å²) in [5.74, 6) is -2.26. The lowest BCUT2D eigenvalue weighted by atomic mass is 10.1. The number of likely N-dealkylation sites (N-methyl/N-ethyl adjacent to an activating group) is 1. The molecule has 2 amide bonds. The molecular weight excluding hydrogens is 279 g/mol. The number of ether oxygens (including phenoxy) is 1. The predicted molar refractivity (Wildman–Crippen MR) is 61.7 cm³/mol. The van der Waals surface area contributed by atoms with Crippen molar-refractivity contribution < 1.29 is 27.5 Å². The molecule has 0 aromatic rings. The number of amides is 2. The Morgan fingerprint density at radius 2 is 2.15 bits per heavy atom. The Bertz CT molecular complexity index is 396. The Labute approximate surface area is 113 Å². The van der Waals surface area contributed by atoms with Crippen molar-refractivity contribution in [1.29, 1.82) is 0 Å². The van der Waals surface area contributed by atoms with Crippen LogP contribution in [0.5, 0.6) is 0 Å². The number of nitrogens with zero attached hydrogens (tertiary/aromatic N) is 2. The van der Waals surface area contributed by atoms with Crippen molar-refractivity contribution >= 4 is 12.0 Å². The number of nitrogens with one attached hydrogen (secondary N) is 1. The average molecular weight is 295 g/mol.